The highest BCUT2D eigenvalue weighted by Crippen LogP contribution is 2.54. The van der Waals surface area contributed by atoms with E-state index in [1.54, 1.807) is 13.0 Å². The predicted molar refractivity (Wildman–Crippen MR) is 140 cm³/mol. The summed E-state index contributed by atoms with van der Waals surface area (Å²) in [6, 6.07) is 6.84. The van der Waals surface area contributed by atoms with Crippen molar-refractivity contribution >= 4 is 34.7 Å². The maximum absolute atomic E-state index is 13.9. The number of nitro benzene ring substituents is 1. The molecule has 0 heterocycles. The molecule has 3 aliphatic carbocycles. The molecule has 8 atom stereocenters. The van der Waals surface area contributed by atoms with Crippen LogP contribution in [0.15, 0.2) is 36.4 Å². The van der Waals surface area contributed by atoms with E-state index in [1.807, 2.05) is 0 Å². The summed E-state index contributed by atoms with van der Waals surface area (Å²) in [4.78, 5) is 78.2. The Kier molecular flexibility index (Phi) is 6.44. The second kappa shape index (κ2) is 9.36. The van der Waals surface area contributed by atoms with Gasteiger partial charge in [-0.1, -0.05) is 6.92 Å². The fraction of sp³-hybridized carbons (Fsp3) is 0.393. The van der Waals surface area contributed by atoms with Gasteiger partial charge in [-0.25, -0.2) is 0 Å². The number of phenolic OH excluding ortho intramolecular Hbond substituents is 1. The van der Waals surface area contributed by atoms with Crippen LogP contribution in [0.5, 0.6) is 5.75 Å². The van der Waals surface area contributed by atoms with Crippen molar-refractivity contribution in [2.75, 3.05) is 14.1 Å². The summed E-state index contributed by atoms with van der Waals surface area (Å²) in [5, 5.41) is 45.3. The van der Waals surface area contributed by atoms with Crippen molar-refractivity contribution in [3.8, 4) is 16.9 Å². The van der Waals surface area contributed by atoms with E-state index in [2.05, 4.69) is 0 Å². The molecule has 214 valence electrons. The number of nitrogens with zero attached hydrogens (tertiary/aromatic N) is 2. The van der Waals surface area contributed by atoms with Gasteiger partial charge in [0.15, 0.2) is 34.7 Å². The van der Waals surface area contributed by atoms with Gasteiger partial charge in [0.1, 0.15) is 5.75 Å². The molecule has 13 nitrogen and oxygen atoms in total. The number of aliphatic hydroxyl groups is 2. The lowest BCUT2D eigenvalue weighted by Crippen LogP contribution is -2.77. The summed E-state index contributed by atoms with van der Waals surface area (Å²) in [7, 11) is 2.83. The Morgan fingerprint density at radius 1 is 1.05 bits per heavy atom. The number of carbonyl (C=O) groups excluding carboxylic acids is 5. The summed E-state index contributed by atoms with van der Waals surface area (Å²) in [5.74, 6) is -14.2. The Labute approximate surface area is 232 Å². The molecule has 0 aromatic heterocycles. The minimum Gasteiger partial charge on any atom is -0.507 e. The molecular weight excluding hydrogens is 538 g/mol. The first-order valence-electron chi connectivity index (χ1n) is 12.8. The number of hydrogen-bond acceptors (Lipinski definition) is 11. The monoisotopic (exact) mass is 565 g/mol. The molecule has 0 saturated heterocycles. The van der Waals surface area contributed by atoms with Gasteiger partial charge in [-0.15, -0.1) is 0 Å². The summed E-state index contributed by atoms with van der Waals surface area (Å²) < 4.78 is 0. The number of benzene rings is 2. The molecule has 0 bridgehead atoms. The third-order valence-electron chi connectivity index (χ3n) is 8.84. The van der Waals surface area contributed by atoms with Gasteiger partial charge < -0.3 is 21.1 Å². The van der Waals surface area contributed by atoms with E-state index in [1.165, 1.54) is 49.3 Å². The number of aliphatic hydroxyl groups excluding tert-OH is 1. The Balaban J connectivity index is 1.66. The Bertz CT molecular complexity index is 1550. The number of nitrogens with two attached hydrogens (primary N) is 1. The van der Waals surface area contributed by atoms with Gasteiger partial charge in [0.25, 0.3) is 5.69 Å². The Morgan fingerprint density at radius 2 is 1.66 bits per heavy atom. The van der Waals surface area contributed by atoms with Crippen molar-refractivity contribution in [2.45, 2.75) is 30.6 Å². The van der Waals surface area contributed by atoms with Crippen LogP contribution in [0.1, 0.15) is 28.8 Å². The molecule has 1 amide bonds. The number of fused-ring (bicyclic) bond motifs is 3. The van der Waals surface area contributed by atoms with Crippen LogP contribution in [-0.4, -0.2) is 86.0 Å². The van der Waals surface area contributed by atoms with E-state index >= 15 is 0 Å². The number of amides is 1. The number of ketones is 4. The predicted octanol–water partition coefficient (Wildman–Crippen LogP) is -0.0260. The lowest BCUT2D eigenvalue weighted by Gasteiger charge is -2.56. The summed E-state index contributed by atoms with van der Waals surface area (Å²) in [5.41, 5.74) is 3.01. The van der Waals surface area contributed by atoms with Gasteiger partial charge in [-0.3, -0.25) is 39.0 Å². The molecule has 2 aromatic carbocycles. The lowest BCUT2D eigenvalue weighted by atomic mass is 9.49. The number of primary amides is 1. The summed E-state index contributed by atoms with van der Waals surface area (Å²) in [6.07, 6.45) is -1.74. The van der Waals surface area contributed by atoms with Gasteiger partial charge >= 0.3 is 0 Å². The van der Waals surface area contributed by atoms with Gasteiger partial charge in [0, 0.05) is 18.1 Å². The van der Waals surface area contributed by atoms with Crippen molar-refractivity contribution in [3.05, 3.63) is 57.6 Å². The zero-order chi connectivity index (χ0) is 30.3. The van der Waals surface area contributed by atoms with Gasteiger partial charge in [0.05, 0.1) is 34.5 Å². The van der Waals surface area contributed by atoms with Crippen LogP contribution in [-0.2, 0) is 19.2 Å². The summed E-state index contributed by atoms with van der Waals surface area (Å²) >= 11 is 0. The maximum atomic E-state index is 13.9. The van der Waals surface area contributed by atoms with E-state index in [0.717, 1.165) is 0 Å². The SMILES string of the molecule is CC1c2cc(-c3ccc([N+](=O)[O-])cc3)cc(O)c2C(=O)C2C(=O)C3(O)C(=O)C(C(N)=O)C(=O)[C@@H](N(C)C)C3C(O)C21. The maximum Gasteiger partial charge on any atom is 0.269 e. The fourth-order valence-electron chi connectivity index (χ4n) is 6.96. The van der Waals surface area contributed by atoms with Crippen molar-refractivity contribution in [3.63, 3.8) is 0 Å². The van der Waals surface area contributed by atoms with Crippen LogP contribution in [0.25, 0.3) is 11.1 Å². The normalized spacial score (nSPS) is 32.8. The standard InChI is InChI=1S/C28H27N3O10/c1-10-14-8-12(11-4-6-13(7-5-11)31(40)41)9-15(32)17(14)22(33)18-16(10)23(34)20-21(30(2)3)24(35)19(27(29)38)26(37)28(20,39)25(18)36/h4-10,16,18-21,23,32,34,39H,1-3H3,(H2,29,38)/t10?,16?,18?,19?,20?,21-,23?,28?/m0/s1. The molecule has 2 saturated carbocycles. The number of nitro groups is 1. The highest BCUT2D eigenvalue weighted by atomic mass is 16.6. The molecule has 0 aliphatic heterocycles. The average molecular weight is 566 g/mol. The molecule has 0 radical (unpaired) electrons. The molecule has 13 heteroatoms. The van der Waals surface area contributed by atoms with E-state index in [0.29, 0.717) is 11.1 Å². The number of carbonyl (C=O) groups is 5. The second-order valence-electron chi connectivity index (χ2n) is 11.1. The topological polar surface area (TPSA) is 218 Å². The zero-order valence-electron chi connectivity index (χ0n) is 22.2. The third kappa shape index (κ3) is 3.76. The smallest absolute Gasteiger partial charge is 0.269 e. The van der Waals surface area contributed by atoms with Crippen LogP contribution in [0.3, 0.4) is 0 Å². The molecule has 2 fully saturated rings. The van der Waals surface area contributed by atoms with Crippen molar-refractivity contribution in [2.24, 2.45) is 29.4 Å². The number of hydrogen-bond donors (Lipinski definition) is 4. The molecule has 5 rings (SSSR count). The van der Waals surface area contributed by atoms with Crippen molar-refractivity contribution in [1.29, 1.82) is 0 Å². The number of Topliss-reactive ketones (excluding diaryl/α,β-unsaturated/α-hetero) is 4. The second-order valence-corrected chi connectivity index (χ2v) is 11.1. The van der Waals surface area contributed by atoms with Crippen LogP contribution in [0.4, 0.5) is 5.69 Å². The van der Waals surface area contributed by atoms with Gasteiger partial charge in [-0.2, -0.15) is 0 Å². The molecule has 41 heavy (non-hydrogen) atoms. The minimum atomic E-state index is -3.07. The van der Waals surface area contributed by atoms with Gasteiger partial charge in [0.2, 0.25) is 5.91 Å². The highest BCUT2D eigenvalue weighted by molar-refractivity contribution is 6.32. The molecular formula is C28H27N3O10. The lowest BCUT2D eigenvalue weighted by molar-refractivity contribution is -0.384. The van der Waals surface area contributed by atoms with E-state index in [9.17, 15) is 49.4 Å². The first-order valence-corrected chi connectivity index (χ1v) is 12.8. The van der Waals surface area contributed by atoms with Crippen LogP contribution >= 0.6 is 0 Å². The number of likely N-dealkylation sites (N-methyl/N-ethyl adjacent to an activating group) is 1. The van der Waals surface area contributed by atoms with E-state index < -0.39 is 87.0 Å². The summed E-state index contributed by atoms with van der Waals surface area (Å²) in [6.45, 7) is 1.60. The average Bonchev–Trinajstić information content (AvgIpc) is 2.90. The Morgan fingerprint density at radius 3 is 2.20 bits per heavy atom. The largest absolute Gasteiger partial charge is 0.507 e. The zero-order valence-corrected chi connectivity index (χ0v) is 22.2. The quantitative estimate of drug-likeness (QED) is 0.219. The van der Waals surface area contributed by atoms with Gasteiger partial charge in [-0.05, 0) is 61.0 Å². The number of aromatic hydroxyl groups is 1. The number of non-ortho nitro benzene ring substituents is 1. The highest BCUT2D eigenvalue weighted by Gasteiger charge is 2.72. The third-order valence-corrected chi connectivity index (χ3v) is 8.84. The minimum absolute atomic E-state index is 0.149. The van der Waals surface area contributed by atoms with Crippen molar-refractivity contribution in [1.82, 2.24) is 4.90 Å². The van der Waals surface area contributed by atoms with Crippen LogP contribution in [0.2, 0.25) is 0 Å². The first kappa shape index (κ1) is 28.2. The number of phenols is 1. The van der Waals surface area contributed by atoms with E-state index in [4.69, 9.17) is 5.73 Å². The fourth-order valence-corrected chi connectivity index (χ4v) is 6.96. The van der Waals surface area contributed by atoms with Crippen molar-refractivity contribution < 1.29 is 44.2 Å². The number of rotatable bonds is 4. The Hall–Kier alpha value is -4.33. The molecule has 3 aliphatic rings. The molecule has 7 unspecified atom stereocenters. The van der Waals surface area contributed by atoms with E-state index in [-0.39, 0.29) is 16.8 Å². The molecule has 2 aromatic rings. The van der Waals surface area contributed by atoms with Crippen LogP contribution < -0.4 is 5.73 Å². The van der Waals surface area contributed by atoms with Crippen LogP contribution in [0, 0.1) is 33.8 Å². The molecule has 5 N–H and O–H groups in total. The molecule has 0 spiro atoms. The first-order chi connectivity index (χ1) is 19.1.